The maximum atomic E-state index is 14.7. The fourth-order valence-corrected chi connectivity index (χ4v) is 4.90. The zero-order chi connectivity index (χ0) is 25.9. The molecule has 36 heavy (non-hydrogen) atoms. The van der Waals surface area contributed by atoms with Crippen LogP contribution < -0.4 is 15.8 Å². The SMILES string of the molecule is NS(=O)(=O)c1ccccc1-c1ccc(NC(=O)Cc2csc(NC(=O)c3ccc(Cl)cc3)n2)c(F)c1. The highest BCUT2D eigenvalue weighted by atomic mass is 35.5. The van der Waals surface area contributed by atoms with E-state index in [4.69, 9.17) is 16.7 Å². The largest absolute Gasteiger partial charge is 0.323 e. The van der Waals surface area contributed by atoms with Crippen molar-refractivity contribution in [1.29, 1.82) is 0 Å². The van der Waals surface area contributed by atoms with Gasteiger partial charge in [0.05, 0.1) is 22.7 Å². The number of nitrogens with one attached hydrogen (secondary N) is 2. The van der Waals surface area contributed by atoms with Gasteiger partial charge in [-0.1, -0.05) is 35.9 Å². The van der Waals surface area contributed by atoms with Crippen LogP contribution in [0.15, 0.2) is 77.0 Å². The number of halogens is 2. The van der Waals surface area contributed by atoms with Crippen LogP contribution in [0.2, 0.25) is 5.02 Å². The molecule has 184 valence electrons. The van der Waals surface area contributed by atoms with Gasteiger partial charge < -0.3 is 5.32 Å². The fraction of sp³-hybridized carbons (Fsp3) is 0.0417. The number of anilines is 2. The predicted octanol–water partition coefficient (Wildman–Crippen LogP) is 4.68. The number of hydrogen-bond acceptors (Lipinski definition) is 6. The van der Waals surface area contributed by atoms with Gasteiger partial charge in [0.15, 0.2) is 5.13 Å². The van der Waals surface area contributed by atoms with E-state index in [0.29, 0.717) is 21.4 Å². The number of sulfonamides is 1. The summed E-state index contributed by atoms with van der Waals surface area (Å²) < 4.78 is 38.4. The molecule has 0 fully saturated rings. The molecule has 1 heterocycles. The summed E-state index contributed by atoms with van der Waals surface area (Å²) in [6.45, 7) is 0. The summed E-state index contributed by atoms with van der Waals surface area (Å²) in [5.74, 6) is -1.64. The molecule has 0 saturated carbocycles. The van der Waals surface area contributed by atoms with Gasteiger partial charge in [-0.2, -0.15) is 0 Å². The molecule has 12 heteroatoms. The molecule has 4 N–H and O–H groups in total. The van der Waals surface area contributed by atoms with E-state index in [0.717, 1.165) is 17.4 Å². The minimum Gasteiger partial charge on any atom is -0.323 e. The van der Waals surface area contributed by atoms with E-state index in [1.54, 1.807) is 35.7 Å². The third-order valence-electron chi connectivity index (χ3n) is 4.97. The lowest BCUT2D eigenvalue weighted by Crippen LogP contribution is -2.16. The molecule has 4 rings (SSSR count). The van der Waals surface area contributed by atoms with Crippen molar-refractivity contribution < 1.29 is 22.4 Å². The van der Waals surface area contributed by atoms with Gasteiger partial charge in [0.1, 0.15) is 5.82 Å². The monoisotopic (exact) mass is 544 g/mol. The molecule has 2 amide bonds. The molecule has 0 aliphatic rings. The van der Waals surface area contributed by atoms with Crippen LogP contribution in [0, 0.1) is 5.82 Å². The molecule has 1 aromatic heterocycles. The molecule has 8 nitrogen and oxygen atoms in total. The lowest BCUT2D eigenvalue weighted by molar-refractivity contribution is -0.115. The first kappa shape index (κ1) is 25.5. The first-order valence-corrected chi connectivity index (χ1v) is 13.1. The Bertz CT molecular complexity index is 1560. The van der Waals surface area contributed by atoms with E-state index in [1.165, 1.54) is 30.3 Å². The number of carbonyl (C=O) groups is 2. The topological polar surface area (TPSA) is 131 Å². The molecule has 3 aromatic carbocycles. The van der Waals surface area contributed by atoms with Crippen LogP contribution in [-0.4, -0.2) is 25.2 Å². The number of nitrogens with two attached hydrogens (primary N) is 1. The first-order chi connectivity index (χ1) is 17.1. The molecular formula is C24H18ClFN4O4S2. The summed E-state index contributed by atoms with van der Waals surface area (Å²) in [6, 6.07) is 16.2. The Kier molecular flexibility index (Phi) is 7.45. The second-order valence-corrected chi connectivity index (χ2v) is 10.4. The Labute approximate surface area is 215 Å². The fourth-order valence-electron chi connectivity index (χ4n) is 3.31. The molecular weight excluding hydrogens is 527 g/mol. The van der Waals surface area contributed by atoms with Crippen LogP contribution in [0.3, 0.4) is 0 Å². The van der Waals surface area contributed by atoms with Crippen molar-refractivity contribution in [2.75, 3.05) is 10.6 Å². The highest BCUT2D eigenvalue weighted by Crippen LogP contribution is 2.29. The van der Waals surface area contributed by atoms with Crippen molar-refractivity contribution in [2.45, 2.75) is 11.3 Å². The molecule has 0 atom stereocenters. The number of amides is 2. The quantitative estimate of drug-likeness (QED) is 0.311. The van der Waals surface area contributed by atoms with Gasteiger partial charge >= 0.3 is 0 Å². The molecule has 0 bridgehead atoms. The Balaban J connectivity index is 1.41. The zero-order valence-corrected chi connectivity index (χ0v) is 20.8. The minimum absolute atomic E-state index is 0.0802. The van der Waals surface area contributed by atoms with Crippen LogP contribution in [0.25, 0.3) is 11.1 Å². The average Bonchev–Trinajstić information content (AvgIpc) is 3.26. The lowest BCUT2D eigenvalue weighted by atomic mass is 10.0. The number of benzene rings is 3. The lowest BCUT2D eigenvalue weighted by Gasteiger charge is -2.10. The van der Waals surface area contributed by atoms with E-state index < -0.39 is 21.7 Å². The number of thiazole rings is 1. The van der Waals surface area contributed by atoms with E-state index >= 15 is 0 Å². The van der Waals surface area contributed by atoms with Crippen molar-refractivity contribution >= 4 is 55.6 Å². The zero-order valence-electron chi connectivity index (χ0n) is 18.4. The first-order valence-electron chi connectivity index (χ1n) is 10.3. The number of carbonyl (C=O) groups excluding carboxylic acids is 2. The molecule has 0 spiro atoms. The number of hydrogen-bond donors (Lipinski definition) is 3. The van der Waals surface area contributed by atoms with E-state index in [-0.39, 0.29) is 34.0 Å². The highest BCUT2D eigenvalue weighted by Gasteiger charge is 2.17. The molecule has 0 aliphatic carbocycles. The summed E-state index contributed by atoms with van der Waals surface area (Å²) in [7, 11) is -4.01. The van der Waals surface area contributed by atoms with Crippen LogP contribution in [0.4, 0.5) is 15.2 Å². The van der Waals surface area contributed by atoms with Crippen molar-refractivity contribution in [3.8, 4) is 11.1 Å². The summed E-state index contributed by atoms with van der Waals surface area (Å²) in [4.78, 5) is 28.8. The van der Waals surface area contributed by atoms with E-state index in [9.17, 15) is 22.4 Å². The second-order valence-electron chi connectivity index (χ2n) is 7.57. The average molecular weight is 545 g/mol. The normalized spacial score (nSPS) is 11.2. The van der Waals surface area contributed by atoms with E-state index in [1.807, 2.05) is 0 Å². The van der Waals surface area contributed by atoms with Gasteiger partial charge in [0, 0.05) is 21.5 Å². The van der Waals surface area contributed by atoms with Gasteiger partial charge in [0.25, 0.3) is 5.91 Å². The Morgan fingerprint density at radius 2 is 1.75 bits per heavy atom. The summed E-state index contributed by atoms with van der Waals surface area (Å²) in [6.07, 6.45) is -0.150. The van der Waals surface area contributed by atoms with Gasteiger partial charge in [0.2, 0.25) is 15.9 Å². The van der Waals surface area contributed by atoms with Gasteiger partial charge in [-0.05, 0) is 48.0 Å². The van der Waals surface area contributed by atoms with Crippen molar-refractivity contribution in [3.05, 3.63) is 94.2 Å². The number of rotatable bonds is 7. The highest BCUT2D eigenvalue weighted by molar-refractivity contribution is 7.89. The number of nitrogens with zero attached hydrogens (tertiary/aromatic N) is 1. The standard InChI is InChI=1S/C24H18ClFN4O4S2/c25-16-8-5-14(6-9-16)23(32)30-24-28-17(13-35-24)12-22(31)29-20-10-7-15(11-19(20)26)18-3-1-2-4-21(18)36(27,33)34/h1-11,13H,12H2,(H,29,31)(H2,27,33,34)(H,28,30,32). The minimum atomic E-state index is -4.01. The molecule has 0 aliphatic heterocycles. The Hall–Kier alpha value is -3.64. The van der Waals surface area contributed by atoms with Crippen molar-refractivity contribution in [3.63, 3.8) is 0 Å². The van der Waals surface area contributed by atoms with Crippen LogP contribution >= 0.6 is 22.9 Å². The summed E-state index contributed by atoms with van der Waals surface area (Å²) in [5, 5.41) is 12.8. The summed E-state index contributed by atoms with van der Waals surface area (Å²) in [5.41, 5.74) is 1.24. The van der Waals surface area contributed by atoms with Gasteiger partial charge in [-0.3, -0.25) is 14.9 Å². The Morgan fingerprint density at radius 3 is 2.44 bits per heavy atom. The maximum Gasteiger partial charge on any atom is 0.257 e. The predicted molar refractivity (Wildman–Crippen MR) is 137 cm³/mol. The van der Waals surface area contributed by atoms with Crippen molar-refractivity contribution in [2.24, 2.45) is 5.14 Å². The maximum absolute atomic E-state index is 14.7. The van der Waals surface area contributed by atoms with Gasteiger partial charge in [-0.25, -0.2) is 22.9 Å². The third-order valence-corrected chi connectivity index (χ3v) is 7.00. The Morgan fingerprint density at radius 1 is 1.03 bits per heavy atom. The second kappa shape index (κ2) is 10.5. The smallest absolute Gasteiger partial charge is 0.257 e. The molecule has 0 unspecified atom stereocenters. The third kappa shape index (κ3) is 6.13. The molecule has 4 aromatic rings. The van der Waals surface area contributed by atoms with Crippen molar-refractivity contribution in [1.82, 2.24) is 4.98 Å². The molecule has 0 saturated heterocycles. The number of primary sulfonamides is 1. The number of aromatic nitrogens is 1. The van der Waals surface area contributed by atoms with Crippen LogP contribution in [0.5, 0.6) is 0 Å². The molecule has 0 radical (unpaired) electrons. The summed E-state index contributed by atoms with van der Waals surface area (Å²) >= 11 is 6.97. The van der Waals surface area contributed by atoms with Crippen LogP contribution in [-0.2, 0) is 21.2 Å². The van der Waals surface area contributed by atoms with Gasteiger partial charge in [-0.15, -0.1) is 11.3 Å². The van der Waals surface area contributed by atoms with Crippen LogP contribution in [0.1, 0.15) is 16.1 Å². The van der Waals surface area contributed by atoms with E-state index in [2.05, 4.69) is 15.6 Å².